The molecule has 14 heteroatoms. The van der Waals surface area contributed by atoms with Crippen LogP contribution in [-0.2, 0) is 29.7 Å². The number of aliphatic hydroxyl groups is 1. The molecule has 0 aliphatic carbocycles. The van der Waals surface area contributed by atoms with Gasteiger partial charge in [-0.15, -0.1) is 0 Å². The number of benzene rings is 1. The Morgan fingerprint density at radius 1 is 1.12 bits per heavy atom. The number of ether oxygens (including phenoxy) is 2. The van der Waals surface area contributed by atoms with Crippen molar-refractivity contribution in [2.24, 2.45) is 0 Å². The standard InChI is InChI=1S/C28H46N2O10SSi/c1-17-21(39-42(10,11)28(5,6)7)12-22(37-8)18(23(17)25(34)35)14-41-15-19(26(36)38-9)29-24(33)20(13-31)30(16-32)40-27(2,3)4/h12,16,19-20,31H,13-15H2,1-11H3,(H,29,33)(H,34,35). The van der Waals surface area contributed by atoms with Gasteiger partial charge in [0.25, 0.3) is 0 Å². The third kappa shape index (κ3) is 9.89. The second-order valence-electron chi connectivity index (χ2n) is 12.2. The fourth-order valence-corrected chi connectivity index (χ4v) is 5.68. The minimum atomic E-state index is -2.30. The molecule has 3 N–H and O–H groups in total. The molecule has 1 aromatic carbocycles. The number of carboxylic acids is 1. The van der Waals surface area contributed by atoms with E-state index in [9.17, 15) is 29.4 Å². The summed E-state index contributed by atoms with van der Waals surface area (Å²) in [5.74, 6) is -1.89. The minimum Gasteiger partial charge on any atom is -0.543 e. The van der Waals surface area contributed by atoms with E-state index in [4.69, 9.17) is 18.7 Å². The first-order valence-electron chi connectivity index (χ1n) is 13.4. The molecular weight excluding hydrogens is 584 g/mol. The average Bonchev–Trinajstić information content (AvgIpc) is 2.86. The number of rotatable bonds is 15. The summed E-state index contributed by atoms with van der Waals surface area (Å²) < 4.78 is 16.8. The molecule has 0 radical (unpaired) electrons. The maximum Gasteiger partial charge on any atom is 0.336 e. The summed E-state index contributed by atoms with van der Waals surface area (Å²) in [6.07, 6.45) is 0.272. The fourth-order valence-electron chi connectivity index (χ4n) is 3.55. The lowest BCUT2D eigenvalue weighted by atomic mass is 10.0. The van der Waals surface area contributed by atoms with Crippen molar-refractivity contribution >= 4 is 44.3 Å². The number of carbonyl (C=O) groups excluding carboxylic acids is 3. The molecule has 0 saturated carbocycles. The van der Waals surface area contributed by atoms with Gasteiger partial charge in [-0.2, -0.15) is 11.8 Å². The number of esters is 1. The molecule has 0 saturated heterocycles. The van der Waals surface area contributed by atoms with Crippen LogP contribution in [0, 0.1) is 6.92 Å². The Kier molecular flexibility index (Phi) is 13.4. The summed E-state index contributed by atoms with van der Waals surface area (Å²) >= 11 is 1.17. The highest BCUT2D eigenvalue weighted by Gasteiger charge is 2.40. The van der Waals surface area contributed by atoms with Gasteiger partial charge in [0.2, 0.25) is 20.6 Å². The quantitative estimate of drug-likeness (QED) is 0.113. The van der Waals surface area contributed by atoms with Gasteiger partial charge in [-0.1, -0.05) is 20.8 Å². The fraction of sp³-hybridized carbons (Fsp3) is 0.643. The number of nitrogens with zero attached hydrogens (tertiary/aromatic N) is 1. The van der Waals surface area contributed by atoms with Crippen molar-refractivity contribution in [3.05, 3.63) is 22.8 Å². The van der Waals surface area contributed by atoms with Crippen molar-refractivity contribution < 1.29 is 48.1 Å². The maximum atomic E-state index is 13.0. The van der Waals surface area contributed by atoms with Crippen LogP contribution in [0.15, 0.2) is 6.07 Å². The predicted octanol–water partition coefficient (Wildman–Crippen LogP) is 3.53. The largest absolute Gasteiger partial charge is 0.543 e. The third-order valence-electron chi connectivity index (χ3n) is 6.81. The van der Waals surface area contributed by atoms with Gasteiger partial charge in [-0.25, -0.2) is 14.7 Å². The number of nitrogens with one attached hydrogen (secondary N) is 1. The van der Waals surface area contributed by atoms with Crippen molar-refractivity contribution in [1.29, 1.82) is 0 Å². The number of aromatic carboxylic acids is 1. The second kappa shape index (κ2) is 15.1. The van der Waals surface area contributed by atoms with E-state index in [1.807, 2.05) is 0 Å². The third-order valence-corrected chi connectivity index (χ3v) is 12.2. The molecule has 1 aromatic rings. The Morgan fingerprint density at radius 2 is 1.71 bits per heavy atom. The molecule has 2 amide bonds. The SMILES string of the molecule is COC(=O)C(CSCc1c(OC)cc(O[Si](C)(C)C(C)(C)C)c(C)c1C(=O)O)NC(=O)C(CO)N(C=O)OC(C)(C)C. The van der Waals surface area contributed by atoms with Gasteiger partial charge in [-0.3, -0.25) is 14.4 Å². The maximum absolute atomic E-state index is 13.0. The van der Waals surface area contributed by atoms with E-state index in [1.165, 1.54) is 18.9 Å². The minimum absolute atomic E-state index is 0.0126. The number of hydrogen-bond acceptors (Lipinski definition) is 10. The Morgan fingerprint density at radius 3 is 2.14 bits per heavy atom. The number of methoxy groups -OCH3 is 2. The number of hydroxylamine groups is 2. The Labute approximate surface area is 253 Å². The van der Waals surface area contributed by atoms with E-state index in [0.717, 1.165) is 7.11 Å². The first-order chi connectivity index (χ1) is 19.2. The van der Waals surface area contributed by atoms with Gasteiger partial charge in [0.15, 0.2) is 6.04 Å². The Balaban J connectivity index is 3.27. The summed E-state index contributed by atoms with van der Waals surface area (Å²) in [4.78, 5) is 54.9. The van der Waals surface area contributed by atoms with E-state index in [1.54, 1.807) is 33.8 Å². The zero-order chi connectivity index (χ0) is 32.6. The molecule has 2 unspecified atom stereocenters. The highest BCUT2D eigenvalue weighted by atomic mass is 32.2. The van der Waals surface area contributed by atoms with Crippen LogP contribution in [0.5, 0.6) is 11.5 Å². The highest BCUT2D eigenvalue weighted by molar-refractivity contribution is 7.98. The van der Waals surface area contributed by atoms with Gasteiger partial charge < -0.3 is 29.4 Å². The molecule has 0 aromatic heterocycles. The number of carboxylic acid groups (broad SMARTS) is 1. The molecule has 238 valence electrons. The van der Waals surface area contributed by atoms with Crippen LogP contribution >= 0.6 is 11.8 Å². The van der Waals surface area contributed by atoms with Gasteiger partial charge in [0.05, 0.1) is 32.0 Å². The lowest BCUT2D eigenvalue weighted by Gasteiger charge is -2.37. The molecule has 1 rings (SSSR count). The normalized spacial score (nSPS) is 13.5. The first-order valence-corrected chi connectivity index (χ1v) is 17.4. The van der Waals surface area contributed by atoms with Crippen molar-refractivity contribution in [2.75, 3.05) is 26.6 Å². The number of thioether (sulfide) groups is 1. The second-order valence-corrected chi connectivity index (χ2v) is 17.9. The number of carbonyl (C=O) groups is 4. The summed E-state index contributed by atoms with van der Waals surface area (Å²) in [6, 6.07) is -0.910. The summed E-state index contributed by atoms with van der Waals surface area (Å²) in [5.41, 5.74) is 0.0517. The van der Waals surface area contributed by atoms with Crippen molar-refractivity contribution in [1.82, 2.24) is 10.4 Å². The summed E-state index contributed by atoms with van der Waals surface area (Å²) in [6.45, 7) is 16.3. The monoisotopic (exact) mass is 630 g/mol. The Bertz CT molecular complexity index is 1130. The molecule has 0 aliphatic rings. The van der Waals surface area contributed by atoms with E-state index in [0.29, 0.717) is 27.7 Å². The van der Waals surface area contributed by atoms with Crippen molar-refractivity contribution in [3.63, 3.8) is 0 Å². The van der Waals surface area contributed by atoms with Gasteiger partial charge in [0.1, 0.15) is 17.5 Å². The van der Waals surface area contributed by atoms with Crippen LogP contribution in [0.3, 0.4) is 0 Å². The van der Waals surface area contributed by atoms with Crippen LogP contribution < -0.4 is 14.5 Å². The highest BCUT2D eigenvalue weighted by Crippen LogP contribution is 2.41. The van der Waals surface area contributed by atoms with E-state index < -0.39 is 50.5 Å². The van der Waals surface area contributed by atoms with Crippen LogP contribution in [0.25, 0.3) is 0 Å². The van der Waals surface area contributed by atoms with Crippen LogP contribution in [0.2, 0.25) is 18.1 Å². The van der Waals surface area contributed by atoms with Crippen LogP contribution in [-0.4, -0.2) is 92.1 Å². The van der Waals surface area contributed by atoms with Gasteiger partial charge >= 0.3 is 11.9 Å². The summed E-state index contributed by atoms with van der Waals surface area (Å²) in [7, 11) is 0.300. The number of hydrogen-bond donors (Lipinski definition) is 3. The molecular formula is C28H46N2O10SSi. The van der Waals surface area contributed by atoms with Gasteiger partial charge in [0, 0.05) is 28.7 Å². The van der Waals surface area contributed by atoms with E-state index in [2.05, 4.69) is 39.2 Å². The molecule has 2 atom stereocenters. The molecule has 42 heavy (non-hydrogen) atoms. The lowest BCUT2D eigenvalue weighted by Crippen LogP contribution is -2.55. The van der Waals surface area contributed by atoms with Crippen LogP contribution in [0.1, 0.15) is 63.0 Å². The smallest absolute Gasteiger partial charge is 0.336 e. The van der Waals surface area contributed by atoms with Crippen molar-refractivity contribution in [3.8, 4) is 11.5 Å². The molecule has 0 fully saturated rings. The zero-order valence-electron chi connectivity index (χ0n) is 26.4. The first kappa shape index (κ1) is 37.2. The summed E-state index contributed by atoms with van der Waals surface area (Å²) in [5, 5.41) is 23.0. The molecule has 0 aliphatic heterocycles. The molecule has 0 bridgehead atoms. The molecule has 0 heterocycles. The van der Waals surface area contributed by atoms with E-state index >= 15 is 0 Å². The zero-order valence-corrected chi connectivity index (χ0v) is 28.3. The topological polar surface area (TPSA) is 161 Å². The lowest BCUT2D eigenvalue weighted by molar-refractivity contribution is -0.234. The molecule has 0 spiro atoms. The Hall–Kier alpha value is -2.81. The molecule has 12 nitrogen and oxygen atoms in total. The van der Waals surface area contributed by atoms with Gasteiger partial charge in [-0.05, 0) is 45.8 Å². The van der Waals surface area contributed by atoms with E-state index in [-0.39, 0.29) is 28.5 Å². The predicted molar refractivity (Wildman–Crippen MR) is 162 cm³/mol. The number of amides is 2. The number of aliphatic hydroxyl groups excluding tert-OH is 1. The van der Waals surface area contributed by atoms with Crippen molar-refractivity contribution in [2.45, 2.75) is 90.0 Å². The average molecular weight is 631 g/mol. The van der Waals surface area contributed by atoms with Crippen LogP contribution in [0.4, 0.5) is 0 Å².